The molecule has 1 aliphatic rings. The molecule has 0 amide bonds. The number of ether oxygens (including phenoxy) is 1. The topological polar surface area (TPSA) is 52.6 Å². The van der Waals surface area contributed by atoms with Gasteiger partial charge in [-0.15, -0.1) is 0 Å². The zero-order valence-corrected chi connectivity index (χ0v) is 11.5. The molecule has 1 aliphatic heterocycles. The second-order valence-corrected chi connectivity index (χ2v) is 6.32. The van der Waals surface area contributed by atoms with Gasteiger partial charge in [0.2, 0.25) is 0 Å². The van der Waals surface area contributed by atoms with E-state index < -0.39 is 16.2 Å². The summed E-state index contributed by atoms with van der Waals surface area (Å²) in [6.07, 6.45) is 1.93. The van der Waals surface area contributed by atoms with Crippen molar-refractivity contribution in [2.45, 2.75) is 18.9 Å². The SMILES string of the molecule is CS(=O)(=O)O[C@@H](c1ccc(F)cc1)C1CCOCC1. The van der Waals surface area contributed by atoms with Crippen molar-refractivity contribution in [3.63, 3.8) is 0 Å². The Morgan fingerprint density at radius 2 is 1.84 bits per heavy atom. The molecule has 106 valence electrons. The van der Waals surface area contributed by atoms with Crippen molar-refractivity contribution in [3.05, 3.63) is 35.6 Å². The molecule has 1 fully saturated rings. The van der Waals surface area contributed by atoms with Crippen molar-refractivity contribution in [2.75, 3.05) is 19.5 Å². The van der Waals surface area contributed by atoms with Crippen LogP contribution in [0.15, 0.2) is 24.3 Å². The van der Waals surface area contributed by atoms with Crippen molar-refractivity contribution in [3.8, 4) is 0 Å². The van der Waals surface area contributed by atoms with E-state index in [9.17, 15) is 12.8 Å². The molecule has 0 spiro atoms. The van der Waals surface area contributed by atoms with Crippen LogP contribution in [0.5, 0.6) is 0 Å². The third-order valence-electron chi connectivity index (χ3n) is 3.17. The molecule has 6 heteroatoms. The molecule has 0 aromatic heterocycles. The molecule has 0 saturated carbocycles. The fourth-order valence-electron chi connectivity index (χ4n) is 2.27. The van der Waals surface area contributed by atoms with Gasteiger partial charge in [0.1, 0.15) is 11.9 Å². The molecule has 1 saturated heterocycles. The maximum atomic E-state index is 13.0. The van der Waals surface area contributed by atoms with Crippen LogP contribution in [0.2, 0.25) is 0 Å². The summed E-state index contributed by atoms with van der Waals surface area (Å²) in [5.41, 5.74) is 0.679. The van der Waals surface area contributed by atoms with Crippen molar-refractivity contribution in [1.29, 1.82) is 0 Å². The third kappa shape index (κ3) is 4.26. The summed E-state index contributed by atoms with van der Waals surface area (Å²) in [6.45, 7) is 1.19. The van der Waals surface area contributed by atoms with E-state index in [1.807, 2.05) is 0 Å². The van der Waals surface area contributed by atoms with Crippen LogP contribution in [0, 0.1) is 11.7 Å². The van der Waals surface area contributed by atoms with Crippen molar-refractivity contribution in [1.82, 2.24) is 0 Å². The molecule has 0 unspecified atom stereocenters. The smallest absolute Gasteiger partial charge is 0.264 e. The first-order valence-corrected chi connectivity index (χ1v) is 7.99. The molecular formula is C13H17FO4S. The molecule has 0 bridgehead atoms. The molecule has 1 heterocycles. The third-order valence-corrected chi connectivity index (χ3v) is 3.73. The fraction of sp³-hybridized carbons (Fsp3) is 0.538. The maximum absolute atomic E-state index is 13.0. The summed E-state index contributed by atoms with van der Waals surface area (Å²) in [6, 6.07) is 5.77. The average Bonchev–Trinajstić information content (AvgIpc) is 2.37. The van der Waals surface area contributed by atoms with Crippen LogP contribution >= 0.6 is 0 Å². The van der Waals surface area contributed by atoms with E-state index in [1.54, 1.807) is 12.1 Å². The highest BCUT2D eigenvalue weighted by molar-refractivity contribution is 7.86. The zero-order valence-electron chi connectivity index (χ0n) is 10.7. The van der Waals surface area contributed by atoms with Gasteiger partial charge in [-0.1, -0.05) is 12.1 Å². The molecule has 2 rings (SSSR count). The van der Waals surface area contributed by atoms with E-state index in [2.05, 4.69) is 0 Å². The Labute approximate surface area is 112 Å². The first kappa shape index (κ1) is 14.4. The van der Waals surface area contributed by atoms with Gasteiger partial charge in [-0.05, 0) is 36.5 Å². The molecule has 19 heavy (non-hydrogen) atoms. The number of hydrogen-bond donors (Lipinski definition) is 0. The van der Waals surface area contributed by atoms with Gasteiger partial charge in [0.05, 0.1) is 6.26 Å². The Kier molecular flexibility index (Phi) is 4.54. The highest BCUT2D eigenvalue weighted by atomic mass is 32.2. The van der Waals surface area contributed by atoms with Crippen LogP contribution in [0.1, 0.15) is 24.5 Å². The molecule has 1 aromatic rings. The largest absolute Gasteiger partial charge is 0.381 e. The lowest BCUT2D eigenvalue weighted by atomic mass is 9.89. The van der Waals surface area contributed by atoms with E-state index in [1.165, 1.54) is 12.1 Å². The summed E-state index contributed by atoms with van der Waals surface area (Å²) in [5, 5.41) is 0. The van der Waals surface area contributed by atoms with Crippen LogP contribution in [0.4, 0.5) is 4.39 Å². The lowest BCUT2D eigenvalue weighted by Crippen LogP contribution is -2.25. The lowest BCUT2D eigenvalue weighted by molar-refractivity contribution is 0.0196. The molecule has 1 aromatic carbocycles. The first-order valence-electron chi connectivity index (χ1n) is 6.17. The van der Waals surface area contributed by atoms with Crippen LogP contribution in [-0.2, 0) is 19.0 Å². The second-order valence-electron chi connectivity index (χ2n) is 4.72. The average molecular weight is 288 g/mol. The quantitative estimate of drug-likeness (QED) is 0.798. The Morgan fingerprint density at radius 3 is 2.37 bits per heavy atom. The maximum Gasteiger partial charge on any atom is 0.264 e. The lowest BCUT2D eigenvalue weighted by Gasteiger charge is -2.29. The van der Waals surface area contributed by atoms with Gasteiger partial charge in [0.25, 0.3) is 10.1 Å². The van der Waals surface area contributed by atoms with Gasteiger partial charge < -0.3 is 4.74 Å². The summed E-state index contributed by atoms with van der Waals surface area (Å²) in [5.74, 6) is -0.289. The first-order chi connectivity index (χ1) is 8.96. The summed E-state index contributed by atoms with van der Waals surface area (Å²) < 4.78 is 46.2. The van der Waals surface area contributed by atoms with Crippen LogP contribution in [0.3, 0.4) is 0 Å². The fourth-order valence-corrected chi connectivity index (χ4v) is 2.91. The van der Waals surface area contributed by atoms with Gasteiger partial charge in [-0.2, -0.15) is 8.42 Å². The monoisotopic (exact) mass is 288 g/mol. The van der Waals surface area contributed by atoms with Crippen LogP contribution in [0.25, 0.3) is 0 Å². The highest BCUT2D eigenvalue weighted by Crippen LogP contribution is 2.34. The summed E-state index contributed by atoms with van der Waals surface area (Å²) in [4.78, 5) is 0. The minimum absolute atomic E-state index is 0.0638. The van der Waals surface area contributed by atoms with Crippen molar-refractivity contribution < 1.29 is 21.7 Å². The minimum atomic E-state index is -3.57. The standard InChI is InChI=1S/C13H17FO4S/c1-19(15,16)18-13(11-6-8-17-9-7-11)10-2-4-12(14)5-3-10/h2-5,11,13H,6-9H2,1H3/t13-/m0/s1. The Bertz CT molecular complexity index is 506. The molecule has 0 radical (unpaired) electrons. The molecule has 1 atom stereocenters. The van der Waals surface area contributed by atoms with E-state index in [-0.39, 0.29) is 11.7 Å². The van der Waals surface area contributed by atoms with Gasteiger partial charge >= 0.3 is 0 Å². The Balaban J connectivity index is 2.24. The predicted octanol–water partition coefficient (Wildman–Crippen LogP) is 2.27. The Morgan fingerprint density at radius 1 is 1.26 bits per heavy atom. The van der Waals surface area contributed by atoms with E-state index in [0.717, 1.165) is 19.1 Å². The molecule has 0 N–H and O–H groups in total. The predicted molar refractivity (Wildman–Crippen MR) is 68.6 cm³/mol. The van der Waals surface area contributed by atoms with E-state index in [4.69, 9.17) is 8.92 Å². The number of hydrogen-bond acceptors (Lipinski definition) is 4. The van der Waals surface area contributed by atoms with Crippen LogP contribution < -0.4 is 0 Å². The minimum Gasteiger partial charge on any atom is -0.381 e. The van der Waals surface area contributed by atoms with Crippen molar-refractivity contribution in [2.24, 2.45) is 5.92 Å². The number of benzene rings is 1. The van der Waals surface area contributed by atoms with E-state index >= 15 is 0 Å². The number of halogens is 1. The normalized spacial score (nSPS) is 19.3. The summed E-state index contributed by atoms with van der Waals surface area (Å²) in [7, 11) is -3.57. The van der Waals surface area contributed by atoms with Crippen molar-refractivity contribution >= 4 is 10.1 Å². The zero-order chi connectivity index (χ0) is 13.9. The van der Waals surface area contributed by atoms with Gasteiger partial charge in [-0.25, -0.2) is 4.39 Å². The second kappa shape index (κ2) is 5.98. The highest BCUT2D eigenvalue weighted by Gasteiger charge is 2.29. The summed E-state index contributed by atoms with van der Waals surface area (Å²) >= 11 is 0. The van der Waals surface area contributed by atoms with Gasteiger partial charge in [0, 0.05) is 13.2 Å². The Hall–Kier alpha value is -0.980. The van der Waals surface area contributed by atoms with Gasteiger partial charge in [-0.3, -0.25) is 4.18 Å². The van der Waals surface area contributed by atoms with Crippen LogP contribution in [-0.4, -0.2) is 27.9 Å². The molecule has 4 nitrogen and oxygen atoms in total. The molecule has 0 aliphatic carbocycles. The van der Waals surface area contributed by atoms with Gasteiger partial charge in [0.15, 0.2) is 0 Å². The number of rotatable bonds is 4. The van der Waals surface area contributed by atoms with E-state index in [0.29, 0.717) is 18.8 Å². The molecular weight excluding hydrogens is 271 g/mol.